The van der Waals surface area contributed by atoms with Gasteiger partial charge in [0.25, 0.3) is 11.8 Å². The minimum Gasteiger partial charge on any atom is -0.493 e. The first-order valence-corrected chi connectivity index (χ1v) is 10.2. The highest BCUT2D eigenvalue weighted by Crippen LogP contribution is 2.36. The zero-order valence-electron chi connectivity index (χ0n) is 16.5. The van der Waals surface area contributed by atoms with Gasteiger partial charge in [0.15, 0.2) is 11.5 Å². The van der Waals surface area contributed by atoms with Crippen LogP contribution in [-0.4, -0.2) is 38.6 Å². The second-order valence-electron chi connectivity index (χ2n) is 6.58. The molecule has 0 unspecified atom stereocenters. The van der Waals surface area contributed by atoms with Gasteiger partial charge < -0.3 is 14.4 Å². The predicted molar refractivity (Wildman–Crippen MR) is 114 cm³/mol. The molecule has 0 radical (unpaired) electrons. The van der Waals surface area contributed by atoms with Gasteiger partial charge in [0.2, 0.25) is 0 Å². The number of methoxy groups -OCH3 is 1. The summed E-state index contributed by atoms with van der Waals surface area (Å²) in [6, 6.07) is 11.3. The predicted octanol–water partition coefficient (Wildman–Crippen LogP) is 3.07. The lowest BCUT2D eigenvalue weighted by Gasteiger charge is -2.30. The number of amides is 2. The van der Waals surface area contributed by atoms with Crippen molar-refractivity contribution >= 4 is 33.4 Å². The molecule has 3 rings (SSSR count). The maximum Gasteiger partial charge on any atom is 0.269 e. The molecule has 0 spiro atoms. The first-order chi connectivity index (χ1) is 14.0. The standard InChI is InChI=1S/C21H24BrN3O4/c1-3-29-20-16(22)11-15(12-18(20)28-2)21(27)24-23-19(26)13-25-10-6-8-14-7-4-5-9-17(14)25/h4-5,7,9,11-12H,3,6,8,10,13H2,1-2H3,(H,23,26)(H,24,27). The topological polar surface area (TPSA) is 79.9 Å². The van der Waals surface area contributed by atoms with Crippen LogP contribution in [0, 0.1) is 0 Å². The number of rotatable bonds is 6. The molecule has 0 aliphatic carbocycles. The maximum atomic E-state index is 12.5. The number of anilines is 1. The smallest absolute Gasteiger partial charge is 0.269 e. The van der Waals surface area contributed by atoms with Crippen LogP contribution in [0.15, 0.2) is 40.9 Å². The Hall–Kier alpha value is -2.74. The summed E-state index contributed by atoms with van der Waals surface area (Å²) < 4.78 is 11.4. The first kappa shape index (κ1) is 21.0. The number of hydrogen-bond donors (Lipinski definition) is 2. The number of nitrogens with zero attached hydrogens (tertiary/aromatic N) is 1. The van der Waals surface area contributed by atoms with E-state index in [0.717, 1.165) is 25.1 Å². The molecule has 1 aliphatic heterocycles. The molecule has 0 atom stereocenters. The van der Waals surface area contributed by atoms with Crippen LogP contribution >= 0.6 is 15.9 Å². The van der Waals surface area contributed by atoms with E-state index in [-0.39, 0.29) is 12.5 Å². The van der Waals surface area contributed by atoms with E-state index in [2.05, 4.69) is 32.8 Å². The molecule has 1 heterocycles. The molecule has 0 saturated heterocycles. The fourth-order valence-corrected chi connectivity index (χ4v) is 3.88. The lowest BCUT2D eigenvalue weighted by molar-refractivity contribution is -0.120. The largest absolute Gasteiger partial charge is 0.493 e. The van der Waals surface area contributed by atoms with Crippen LogP contribution in [-0.2, 0) is 11.2 Å². The number of carbonyl (C=O) groups is 2. The highest BCUT2D eigenvalue weighted by molar-refractivity contribution is 9.10. The molecule has 2 aromatic carbocycles. The third-order valence-corrected chi connectivity index (χ3v) is 5.23. The number of para-hydroxylation sites is 1. The van der Waals surface area contributed by atoms with Crippen LogP contribution in [0.25, 0.3) is 0 Å². The summed E-state index contributed by atoms with van der Waals surface area (Å²) >= 11 is 3.39. The molecule has 1 aliphatic rings. The van der Waals surface area contributed by atoms with Crippen LogP contribution in [0.1, 0.15) is 29.3 Å². The van der Waals surface area contributed by atoms with Crippen LogP contribution in [0.2, 0.25) is 0 Å². The fourth-order valence-electron chi connectivity index (χ4n) is 3.32. The first-order valence-electron chi connectivity index (χ1n) is 9.45. The number of benzene rings is 2. The molecular formula is C21H24BrN3O4. The van der Waals surface area contributed by atoms with Crippen LogP contribution in [0.3, 0.4) is 0 Å². The van der Waals surface area contributed by atoms with Gasteiger partial charge in [0.1, 0.15) is 0 Å². The van der Waals surface area contributed by atoms with Crippen LogP contribution in [0.5, 0.6) is 11.5 Å². The Balaban J connectivity index is 1.61. The summed E-state index contributed by atoms with van der Waals surface area (Å²) in [7, 11) is 1.50. The van der Waals surface area contributed by atoms with Crippen molar-refractivity contribution in [2.24, 2.45) is 0 Å². The van der Waals surface area contributed by atoms with Gasteiger partial charge in [-0.2, -0.15) is 0 Å². The minimum atomic E-state index is -0.445. The van der Waals surface area contributed by atoms with Gasteiger partial charge in [0, 0.05) is 17.8 Å². The van der Waals surface area contributed by atoms with Crippen molar-refractivity contribution in [3.63, 3.8) is 0 Å². The van der Waals surface area contributed by atoms with Gasteiger partial charge in [-0.1, -0.05) is 18.2 Å². The second-order valence-corrected chi connectivity index (χ2v) is 7.43. The number of hydrazine groups is 1. The van der Waals surface area contributed by atoms with Gasteiger partial charge in [-0.3, -0.25) is 20.4 Å². The van der Waals surface area contributed by atoms with Gasteiger partial charge in [0.05, 0.1) is 24.7 Å². The Kier molecular flexibility index (Phi) is 6.98. The third kappa shape index (κ3) is 5.00. The zero-order chi connectivity index (χ0) is 20.8. The molecule has 7 nitrogen and oxygen atoms in total. The zero-order valence-corrected chi connectivity index (χ0v) is 18.0. The summed E-state index contributed by atoms with van der Waals surface area (Å²) in [5.41, 5.74) is 7.59. The molecule has 2 N–H and O–H groups in total. The molecule has 0 aromatic heterocycles. The summed E-state index contributed by atoms with van der Waals surface area (Å²) in [6.45, 7) is 3.31. The number of ether oxygens (including phenoxy) is 2. The number of halogens is 1. The molecule has 0 bridgehead atoms. The third-order valence-electron chi connectivity index (χ3n) is 4.64. The fraction of sp³-hybridized carbons (Fsp3) is 0.333. The van der Waals surface area contributed by atoms with E-state index in [9.17, 15) is 9.59 Å². The Labute approximate surface area is 178 Å². The van der Waals surface area contributed by atoms with E-state index in [4.69, 9.17) is 9.47 Å². The second kappa shape index (κ2) is 9.65. The number of aryl methyl sites for hydroxylation is 1. The van der Waals surface area contributed by atoms with E-state index in [1.807, 2.05) is 30.0 Å². The number of fused-ring (bicyclic) bond motifs is 1. The highest BCUT2D eigenvalue weighted by Gasteiger charge is 2.20. The molecular weight excluding hydrogens is 438 g/mol. The lowest BCUT2D eigenvalue weighted by Crippen LogP contribution is -2.47. The molecule has 2 amide bonds. The maximum absolute atomic E-state index is 12.5. The van der Waals surface area contributed by atoms with Crippen molar-refractivity contribution in [2.45, 2.75) is 19.8 Å². The van der Waals surface area contributed by atoms with Gasteiger partial charge in [-0.15, -0.1) is 0 Å². The van der Waals surface area contributed by atoms with Crippen molar-refractivity contribution in [3.8, 4) is 11.5 Å². The Bertz CT molecular complexity index is 903. The number of hydrogen-bond acceptors (Lipinski definition) is 5. The summed E-state index contributed by atoms with van der Waals surface area (Å²) in [6.07, 6.45) is 2.01. The van der Waals surface area contributed by atoms with E-state index in [0.29, 0.717) is 28.1 Å². The monoisotopic (exact) mass is 461 g/mol. The molecule has 8 heteroatoms. The normalized spacial score (nSPS) is 12.7. The quantitative estimate of drug-likeness (QED) is 0.646. The highest BCUT2D eigenvalue weighted by atomic mass is 79.9. The van der Waals surface area contributed by atoms with E-state index in [1.165, 1.54) is 12.7 Å². The molecule has 154 valence electrons. The van der Waals surface area contributed by atoms with Crippen molar-refractivity contribution < 1.29 is 19.1 Å². The van der Waals surface area contributed by atoms with E-state index >= 15 is 0 Å². The van der Waals surface area contributed by atoms with E-state index in [1.54, 1.807) is 12.1 Å². The average molecular weight is 462 g/mol. The minimum absolute atomic E-state index is 0.174. The number of carbonyl (C=O) groups excluding carboxylic acids is 2. The average Bonchev–Trinajstić information content (AvgIpc) is 2.73. The molecule has 0 fully saturated rings. The Morgan fingerprint density at radius 2 is 2.00 bits per heavy atom. The number of nitrogens with one attached hydrogen (secondary N) is 2. The van der Waals surface area contributed by atoms with Crippen molar-refractivity contribution in [3.05, 3.63) is 52.0 Å². The Morgan fingerprint density at radius 1 is 1.21 bits per heavy atom. The van der Waals surface area contributed by atoms with Gasteiger partial charge >= 0.3 is 0 Å². The van der Waals surface area contributed by atoms with Gasteiger partial charge in [-0.05, 0) is 59.5 Å². The summed E-state index contributed by atoms with van der Waals surface area (Å²) in [5, 5.41) is 0. The van der Waals surface area contributed by atoms with Crippen molar-refractivity contribution in [1.82, 2.24) is 10.9 Å². The summed E-state index contributed by atoms with van der Waals surface area (Å²) in [5.74, 6) is 0.230. The Morgan fingerprint density at radius 3 is 2.76 bits per heavy atom. The molecule has 0 saturated carbocycles. The van der Waals surface area contributed by atoms with E-state index < -0.39 is 5.91 Å². The van der Waals surface area contributed by atoms with Gasteiger partial charge in [-0.25, -0.2) is 0 Å². The van der Waals surface area contributed by atoms with Crippen LogP contribution < -0.4 is 25.2 Å². The van der Waals surface area contributed by atoms with Crippen molar-refractivity contribution in [2.75, 3.05) is 31.7 Å². The van der Waals surface area contributed by atoms with Crippen molar-refractivity contribution in [1.29, 1.82) is 0 Å². The SMILES string of the molecule is CCOc1c(Br)cc(C(=O)NNC(=O)CN2CCCc3ccccc32)cc1OC. The molecule has 2 aromatic rings. The lowest BCUT2D eigenvalue weighted by atomic mass is 10.0. The van der Waals surface area contributed by atoms with Crippen LogP contribution in [0.4, 0.5) is 5.69 Å². The molecule has 29 heavy (non-hydrogen) atoms. The summed E-state index contributed by atoms with van der Waals surface area (Å²) in [4.78, 5) is 26.9.